The summed E-state index contributed by atoms with van der Waals surface area (Å²) >= 11 is 0. The van der Waals surface area contributed by atoms with Gasteiger partial charge < -0.3 is 10.1 Å². The van der Waals surface area contributed by atoms with E-state index in [0.29, 0.717) is 5.69 Å². The number of ether oxygens (including phenoxy) is 1. The summed E-state index contributed by atoms with van der Waals surface area (Å²) in [7, 11) is 0. The molecule has 0 bridgehead atoms. The van der Waals surface area contributed by atoms with Crippen molar-refractivity contribution in [1.82, 2.24) is 0 Å². The lowest BCUT2D eigenvalue weighted by molar-refractivity contribution is -0.384. The SMILES string of the molecule is C[C@H](Oc1ccccc1F)C(=O)Nc1ccc([N+](=O)[O-])cc1. The van der Waals surface area contributed by atoms with Crippen molar-refractivity contribution in [3.63, 3.8) is 0 Å². The van der Waals surface area contributed by atoms with Crippen molar-refractivity contribution in [1.29, 1.82) is 0 Å². The predicted octanol–water partition coefficient (Wildman–Crippen LogP) is 3.14. The van der Waals surface area contributed by atoms with Crippen LogP contribution in [0.1, 0.15) is 6.92 Å². The molecule has 7 heteroatoms. The van der Waals surface area contributed by atoms with E-state index in [2.05, 4.69) is 5.32 Å². The molecule has 0 radical (unpaired) electrons. The van der Waals surface area contributed by atoms with Gasteiger partial charge in [-0.05, 0) is 31.2 Å². The second kappa shape index (κ2) is 6.66. The molecule has 2 rings (SSSR count). The molecular weight excluding hydrogens is 291 g/mol. The lowest BCUT2D eigenvalue weighted by atomic mass is 10.2. The summed E-state index contributed by atoms with van der Waals surface area (Å²) in [6, 6.07) is 11.1. The molecule has 0 aliphatic heterocycles. The lowest BCUT2D eigenvalue weighted by Gasteiger charge is -2.15. The molecule has 22 heavy (non-hydrogen) atoms. The summed E-state index contributed by atoms with van der Waals surface area (Å²) in [5.41, 5.74) is 0.313. The second-order valence-corrected chi connectivity index (χ2v) is 4.48. The molecule has 0 saturated heterocycles. The average Bonchev–Trinajstić information content (AvgIpc) is 2.50. The number of benzene rings is 2. The topological polar surface area (TPSA) is 81.5 Å². The highest BCUT2D eigenvalue weighted by Gasteiger charge is 2.17. The van der Waals surface area contributed by atoms with Crippen LogP contribution >= 0.6 is 0 Å². The van der Waals surface area contributed by atoms with Crippen molar-refractivity contribution in [2.75, 3.05) is 5.32 Å². The minimum absolute atomic E-state index is 0.0196. The number of nitro groups is 1. The first-order valence-electron chi connectivity index (χ1n) is 6.44. The van der Waals surface area contributed by atoms with Crippen LogP contribution in [0.15, 0.2) is 48.5 Å². The zero-order valence-electron chi connectivity index (χ0n) is 11.7. The van der Waals surface area contributed by atoms with Crippen LogP contribution in [-0.4, -0.2) is 16.9 Å². The van der Waals surface area contributed by atoms with Gasteiger partial charge in [0.1, 0.15) is 0 Å². The van der Waals surface area contributed by atoms with Gasteiger partial charge in [0.05, 0.1) is 4.92 Å². The maximum absolute atomic E-state index is 13.4. The molecule has 0 saturated carbocycles. The first kappa shape index (κ1) is 15.4. The van der Waals surface area contributed by atoms with Gasteiger partial charge in [0.25, 0.3) is 11.6 Å². The third-order valence-electron chi connectivity index (χ3n) is 2.86. The molecule has 114 valence electrons. The minimum atomic E-state index is -0.924. The summed E-state index contributed by atoms with van der Waals surface area (Å²) in [5.74, 6) is -1.07. The van der Waals surface area contributed by atoms with E-state index >= 15 is 0 Å². The van der Waals surface area contributed by atoms with Crippen molar-refractivity contribution in [3.8, 4) is 5.75 Å². The smallest absolute Gasteiger partial charge is 0.269 e. The van der Waals surface area contributed by atoms with E-state index in [0.717, 1.165) is 0 Å². The molecule has 6 nitrogen and oxygen atoms in total. The fourth-order valence-electron chi connectivity index (χ4n) is 1.69. The van der Waals surface area contributed by atoms with Crippen LogP contribution in [0, 0.1) is 15.9 Å². The van der Waals surface area contributed by atoms with Crippen LogP contribution < -0.4 is 10.1 Å². The molecule has 0 spiro atoms. The largest absolute Gasteiger partial charge is 0.478 e. The molecule has 1 amide bonds. The molecule has 1 atom stereocenters. The highest BCUT2D eigenvalue weighted by molar-refractivity contribution is 5.94. The van der Waals surface area contributed by atoms with E-state index in [-0.39, 0.29) is 11.4 Å². The molecule has 0 aliphatic carbocycles. The molecule has 0 fully saturated rings. The van der Waals surface area contributed by atoms with Crippen molar-refractivity contribution in [2.24, 2.45) is 0 Å². The highest BCUT2D eigenvalue weighted by Crippen LogP contribution is 2.19. The number of nitrogens with zero attached hydrogens (tertiary/aromatic N) is 1. The Kier molecular flexibility index (Phi) is 4.67. The highest BCUT2D eigenvalue weighted by atomic mass is 19.1. The number of nitro benzene ring substituents is 1. The molecule has 0 unspecified atom stereocenters. The summed E-state index contributed by atoms with van der Waals surface area (Å²) in [6.07, 6.45) is -0.924. The van der Waals surface area contributed by atoms with E-state index < -0.39 is 22.8 Å². The number of halogens is 1. The monoisotopic (exact) mass is 304 g/mol. The number of nitrogens with one attached hydrogen (secondary N) is 1. The van der Waals surface area contributed by atoms with Gasteiger partial charge in [0.2, 0.25) is 0 Å². The van der Waals surface area contributed by atoms with E-state index in [1.165, 1.54) is 49.4 Å². The average molecular weight is 304 g/mol. The van der Waals surface area contributed by atoms with Gasteiger partial charge in [-0.3, -0.25) is 14.9 Å². The first-order valence-corrected chi connectivity index (χ1v) is 6.44. The normalized spacial score (nSPS) is 11.5. The van der Waals surface area contributed by atoms with E-state index in [1.54, 1.807) is 6.07 Å². The Morgan fingerprint density at radius 3 is 2.45 bits per heavy atom. The third-order valence-corrected chi connectivity index (χ3v) is 2.86. The number of rotatable bonds is 5. The molecule has 0 aliphatic rings. The Morgan fingerprint density at radius 1 is 1.23 bits per heavy atom. The maximum Gasteiger partial charge on any atom is 0.269 e. The fourth-order valence-corrected chi connectivity index (χ4v) is 1.69. The molecule has 0 aromatic heterocycles. The number of carbonyl (C=O) groups is 1. The number of amides is 1. The van der Waals surface area contributed by atoms with Crippen LogP contribution in [0.25, 0.3) is 0 Å². The number of hydrogen-bond acceptors (Lipinski definition) is 4. The van der Waals surface area contributed by atoms with Crippen molar-refractivity contribution in [3.05, 3.63) is 64.5 Å². The van der Waals surface area contributed by atoms with Gasteiger partial charge in [-0.2, -0.15) is 0 Å². The molecular formula is C15H13FN2O4. The zero-order chi connectivity index (χ0) is 16.1. The second-order valence-electron chi connectivity index (χ2n) is 4.48. The summed E-state index contributed by atoms with van der Waals surface area (Å²) in [4.78, 5) is 22.0. The summed E-state index contributed by atoms with van der Waals surface area (Å²) in [6.45, 7) is 1.48. The van der Waals surface area contributed by atoms with E-state index in [9.17, 15) is 19.3 Å². The van der Waals surface area contributed by atoms with Gasteiger partial charge in [0, 0.05) is 17.8 Å². The van der Waals surface area contributed by atoms with Gasteiger partial charge in [0.15, 0.2) is 17.7 Å². The molecule has 1 N–H and O–H groups in total. The summed E-state index contributed by atoms with van der Waals surface area (Å²) in [5, 5.41) is 13.1. The van der Waals surface area contributed by atoms with Crippen LogP contribution in [0.4, 0.5) is 15.8 Å². The molecule has 2 aromatic rings. The predicted molar refractivity (Wildman–Crippen MR) is 78.2 cm³/mol. The standard InChI is InChI=1S/C15H13FN2O4/c1-10(22-14-5-3-2-4-13(14)16)15(19)17-11-6-8-12(9-7-11)18(20)21/h2-10H,1H3,(H,17,19)/t10-/m0/s1. The van der Waals surface area contributed by atoms with Gasteiger partial charge in [-0.25, -0.2) is 4.39 Å². The van der Waals surface area contributed by atoms with Crippen molar-refractivity contribution in [2.45, 2.75) is 13.0 Å². The number of non-ortho nitro benzene ring substituents is 1. The third kappa shape index (κ3) is 3.78. The Hall–Kier alpha value is -2.96. The molecule has 2 aromatic carbocycles. The van der Waals surface area contributed by atoms with Crippen LogP contribution in [0.2, 0.25) is 0 Å². The fraction of sp³-hybridized carbons (Fsp3) is 0.133. The van der Waals surface area contributed by atoms with Crippen molar-refractivity contribution < 1.29 is 18.8 Å². The van der Waals surface area contributed by atoms with Crippen LogP contribution in [-0.2, 0) is 4.79 Å². The van der Waals surface area contributed by atoms with E-state index in [4.69, 9.17) is 4.74 Å². The van der Waals surface area contributed by atoms with E-state index in [1.807, 2.05) is 0 Å². The zero-order valence-corrected chi connectivity index (χ0v) is 11.7. The number of hydrogen-bond donors (Lipinski definition) is 1. The van der Waals surface area contributed by atoms with Crippen LogP contribution in [0.3, 0.4) is 0 Å². The summed E-state index contributed by atoms with van der Waals surface area (Å²) < 4.78 is 18.7. The molecule has 0 heterocycles. The first-order chi connectivity index (χ1) is 10.5. The number of para-hydroxylation sites is 1. The van der Waals surface area contributed by atoms with Gasteiger partial charge in [-0.1, -0.05) is 12.1 Å². The number of carbonyl (C=O) groups excluding carboxylic acids is 1. The van der Waals surface area contributed by atoms with Crippen LogP contribution in [0.5, 0.6) is 5.75 Å². The maximum atomic E-state index is 13.4. The lowest BCUT2D eigenvalue weighted by Crippen LogP contribution is -2.30. The Morgan fingerprint density at radius 2 is 1.86 bits per heavy atom. The Bertz CT molecular complexity index is 688. The quantitative estimate of drug-likeness (QED) is 0.679. The minimum Gasteiger partial charge on any atom is -0.478 e. The van der Waals surface area contributed by atoms with Gasteiger partial charge in [-0.15, -0.1) is 0 Å². The van der Waals surface area contributed by atoms with Crippen molar-refractivity contribution >= 4 is 17.3 Å². The Labute approximate surface area is 125 Å². The number of anilines is 1. The van der Waals surface area contributed by atoms with Gasteiger partial charge >= 0.3 is 0 Å². The Balaban J connectivity index is 1.99.